The third-order valence-electron chi connectivity index (χ3n) is 3.86. The molecule has 0 aliphatic heterocycles. The van der Waals surface area contributed by atoms with Crippen LogP contribution in [0.2, 0.25) is 0 Å². The summed E-state index contributed by atoms with van der Waals surface area (Å²) in [5, 5.41) is 10.6. The van der Waals surface area contributed by atoms with Gasteiger partial charge in [-0.2, -0.15) is 11.8 Å². The molecule has 1 aromatic heterocycles. The van der Waals surface area contributed by atoms with Crippen LogP contribution in [0.1, 0.15) is 32.8 Å². The van der Waals surface area contributed by atoms with E-state index >= 15 is 0 Å². The highest BCUT2D eigenvalue weighted by molar-refractivity contribution is 9.10. The van der Waals surface area contributed by atoms with Crippen LogP contribution in [-0.2, 0) is 9.53 Å². The van der Waals surface area contributed by atoms with E-state index < -0.39 is 34.7 Å². The Morgan fingerprint density at radius 3 is 2.53 bits per heavy atom. The van der Waals surface area contributed by atoms with E-state index in [4.69, 9.17) is 4.74 Å². The van der Waals surface area contributed by atoms with Crippen LogP contribution in [0.25, 0.3) is 5.69 Å². The summed E-state index contributed by atoms with van der Waals surface area (Å²) in [7, 11) is 0. The number of thioether (sulfide) groups is 1. The summed E-state index contributed by atoms with van der Waals surface area (Å²) in [4.78, 5) is 43.4. The molecular formula is C20H24BrN3O5S. The molecule has 162 valence electrons. The predicted molar refractivity (Wildman–Crippen MR) is 122 cm³/mol. The summed E-state index contributed by atoms with van der Waals surface area (Å²) >= 11 is 4.85. The number of H-pyrrole nitrogens is 1. The minimum atomic E-state index is -0.844. The van der Waals surface area contributed by atoms with E-state index in [0.717, 1.165) is 15.3 Å². The van der Waals surface area contributed by atoms with Crippen molar-refractivity contribution in [3.8, 4) is 11.6 Å². The van der Waals surface area contributed by atoms with E-state index in [9.17, 15) is 19.5 Å². The second kappa shape index (κ2) is 10.1. The molecule has 0 spiro atoms. The van der Waals surface area contributed by atoms with Crippen molar-refractivity contribution >= 4 is 39.9 Å². The van der Waals surface area contributed by atoms with Crippen molar-refractivity contribution in [3.05, 3.63) is 55.1 Å². The molecule has 0 amide bonds. The number of nitrogens with one attached hydrogen (secondary N) is 1. The van der Waals surface area contributed by atoms with Crippen molar-refractivity contribution in [3.63, 3.8) is 0 Å². The van der Waals surface area contributed by atoms with Crippen molar-refractivity contribution in [1.82, 2.24) is 9.55 Å². The lowest BCUT2D eigenvalue weighted by atomic mass is 10.1. The van der Waals surface area contributed by atoms with E-state index in [1.54, 1.807) is 56.8 Å². The number of hydrogen-bond acceptors (Lipinski definition) is 7. The Bertz CT molecular complexity index is 1040. The van der Waals surface area contributed by atoms with Gasteiger partial charge in [0.05, 0.1) is 5.69 Å². The SMILES string of the molecule is CSCC[C@@H](N=Cc1c(O)n(-c2ccc(Br)cc2)c(=O)[nH]c1=O)C(=O)OC(C)(C)C. The lowest BCUT2D eigenvalue weighted by Gasteiger charge is -2.22. The average molecular weight is 498 g/mol. The molecule has 1 aromatic carbocycles. The molecule has 1 atom stereocenters. The summed E-state index contributed by atoms with van der Waals surface area (Å²) in [6.07, 6.45) is 3.41. The summed E-state index contributed by atoms with van der Waals surface area (Å²) in [6, 6.07) is 5.75. The van der Waals surface area contributed by atoms with Gasteiger partial charge >= 0.3 is 11.7 Å². The number of ether oxygens (including phenoxy) is 1. The number of nitrogens with zero attached hydrogens (tertiary/aromatic N) is 2. The number of hydrogen-bond donors (Lipinski definition) is 2. The Hall–Kier alpha value is -2.33. The van der Waals surface area contributed by atoms with Gasteiger partial charge in [0.2, 0.25) is 5.88 Å². The van der Waals surface area contributed by atoms with Crippen LogP contribution in [0.15, 0.2) is 43.3 Å². The van der Waals surface area contributed by atoms with Gasteiger partial charge in [-0.1, -0.05) is 15.9 Å². The van der Waals surface area contributed by atoms with Crippen molar-refractivity contribution in [2.24, 2.45) is 4.99 Å². The molecule has 1 heterocycles. The smallest absolute Gasteiger partial charge is 0.335 e. The zero-order chi connectivity index (χ0) is 22.5. The molecule has 0 aliphatic rings. The molecule has 2 rings (SSSR count). The highest BCUT2D eigenvalue weighted by atomic mass is 79.9. The maximum absolute atomic E-state index is 12.5. The topological polar surface area (TPSA) is 114 Å². The number of aromatic amines is 1. The van der Waals surface area contributed by atoms with Crippen LogP contribution in [0, 0.1) is 0 Å². The van der Waals surface area contributed by atoms with Gasteiger partial charge in [-0.15, -0.1) is 0 Å². The van der Waals surface area contributed by atoms with Crippen LogP contribution in [0.3, 0.4) is 0 Å². The second-order valence-corrected chi connectivity index (χ2v) is 9.32. The minimum absolute atomic E-state index is 0.227. The molecule has 2 N–H and O–H groups in total. The number of aliphatic imine (C=N–C) groups is 1. The molecule has 10 heteroatoms. The molecule has 0 unspecified atom stereocenters. The lowest BCUT2D eigenvalue weighted by Crippen LogP contribution is -2.33. The molecular weight excluding hydrogens is 474 g/mol. The van der Waals surface area contributed by atoms with E-state index in [0.29, 0.717) is 17.9 Å². The van der Waals surface area contributed by atoms with Crippen molar-refractivity contribution < 1.29 is 14.6 Å². The zero-order valence-corrected chi connectivity index (χ0v) is 19.5. The van der Waals surface area contributed by atoms with Crippen LogP contribution >= 0.6 is 27.7 Å². The van der Waals surface area contributed by atoms with E-state index in [2.05, 4.69) is 25.9 Å². The van der Waals surface area contributed by atoms with Crippen LogP contribution in [0.4, 0.5) is 0 Å². The molecule has 0 saturated carbocycles. The van der Waals surface area contributed by atoms with Gasteiger partial charge in [0.25, 0.3) is 5.56 Å². The largest absolute Gasteiger partial charge is 0.493 e. The van der Waals surface area contributed by atoms with Gasteiger partial charge in [-0.05, 0) is 63.5 Å². The quantitative estimate of drug-likeness (QED) is 0.449. The number of aromatic nitrogens is 2. The number of aromatic hydroxyl groups is 1. The van der Waals surface area contributed by atoms with Gasteiger partial charge in [0, 0.05) is 10.7 Å². The fourth-order valence-electron chi connectivity index (χ4n) is 2.50. The van der Waals surface area contributed by atoms with Crippen LogP contribution in [-0.4, -0.2) is 50.5 Å². The van der Waals surface area contributed by atoms with Gasteiger partial charge in [-0.25, -0.2) is 14.2 Å². The first kappa shape index (κ1) is 23.9. The second-order valence-electron chi connectivity index (χ2n) is 7.42. The van der Waals surface area contributed by atoms with Crippen LogP contribution < -0.4 is 11.2 Å². The number of carbonyl (C=O) groups is 1. The summed E-state index contributed by atoms with van der Waals surface area (Å²) < 4.78 is 7.15. The minimum Gasteiger partial charge on any atom is -0.493 e. The molecule has 0 fully saturated rings. The number of benzene rings is 1. The fraction of sp³-hybridized carbons (Fsp3) is 0.400. The van der Waals surface area contributed by atoms with Crippen LogP contribution in [0.5, 0.6) is 5.88 Å². The molecule has 2 aromatic rings. The predicted octanol–water partition coefficient (Wildman–Crippen LogP) is 2.88. The summed E-state index contributed by atoms with van der Waals surface area (Å²) in [5.74, 6) is -0.435. The zero-order valence-electron chi connectivity index (χ0n) is 17.1. The number of carbonyl (C=O) groups excluding carboxylic acids is 1. The first-order valence-electron chi connectivity index (χ1n) is 9.12. The molecule has 8 nitrogen and oxygen atoms in total. The van der Waals surface area contributed by atoms with Gasteiger partial charge in [-0.3, -0.25) is 14.8 Å². The Morgan fingerprint density at radius 1 is 1.33 bits per heavy atom. The summed E-state index contributed by atoms with van der Waals surface area (Å²) in [5.41, 5.74) is -2.14. The maximum atomic E-state index is 12.5. The standard InChI is InChI=1S/C20H24BrN3O5S/c1-20(2,3)29-18(27)15(9-10-30-4)22-11-14-16(25)23-19(28)24(17(14)26)13-7-5-12(21)6-8-13/h5-8,11,15,26H,9-10H2,1-4H3,(H,23,25,28)/t15-/m1/s1. The van der Waals surface area contributed by atoms with Crippen molar-refractivity contribution in [2.45, 2.75) is 38.8 Å². The Balaban J connectivity index is 2.46. The highest BCUT2D eigenvalue weighted by Crippen LogP contribution is 2.19. The van der Waals surface area contributed by atoms with E-state index in [1.165, 1.54) is 0 Å². The molecule has 0 radical (unpaired) electrons. The third kappa shape index (κ3) is 6.33. The molecule has 0 bridgehead atoms. The van der Waals surface area contributed by atoms with Gasteiger partial charge < -0.3 is 9.84 Å². The van der Waals surface area contributed by atoms with E-state index in [1.807, 2.05) is 6.26 Å². The Morgan fingerprint density at radius 2 is 1.97 bits per heavy atom. The molecule has 0 saturated heterocycles. The Kier molecular flexibility index (Phi) is 8.08. The third-order valence-corrected chi connectivity index (χ3v) is 5.04. The van der Waals surface area contributed by atoms with E-state index in [-0.39, 0.29) is 5.56 Å². The average Bonchev–Trinajstić information content (AvgIpc) is 2.63. The molecule has 0 aliphatic carbocycles. The summed E-state index contributed by atoms with van der Waals surface area (Å²) in [6.45, 7) is 5.26. The van der Waals surface area contributed by atoms with Gasteiger partial charge in [0.15, 0.2) is 0 Å². The van der Waals surface area contributed by atoms with Gasteiger partial charge in [0.1, 0.15) is 17.2 Å². The first-order valence-corrected chi connectivity index (χ1v) is 11.3. The maximum Gasteiger partial charge on any atom is 0.335 e. The lowest BCUT2D eigenvalue weighted by molar-refractivity contribution is -0.156. The monoisotopic (exact) mass is 497 g/mol. The fourth-order valence-corrected chi connectivity index (χ4v) is 3.22. The Labute approximate surface area is 186 Å². The van der Waals surface area contributed by atoms with Crippen molar-refractivity contribution in [2.75, 3.05) is 12.0 Å². The number of halogens is 1. The normalized spacial score (nSPS) is 12.8. The molecule has 30 heavy (non-hydrogen) atoms. The van der Waals surface area contributed by atoms with Crippen molar-refractivity contribution in [1.29, 1.82) is 0 Å². The first-order chi connectivity index (χ1) is 14.0. The number of esters is 1. The highest BCUT2D eigenvalue weighted by Gasteiger charge is 2.24. The number of rotatable bonds is 7.